The Bertz CT molecular complexity index is 1170. The summed E-state index contributed by atoms with van der Waals surface area (Å²) in [4.78, 5) is 16.3. The van der Waals surface area contributed by atoms with Crippen LogP contribution in [0.1, 0.15) is 29.8 Å². The quantitative estimate of drug-likeness (QED) is 0.654. The normalized spacial score (nSPS) is 18.1. The van der Waals surface area contributed by atoms with Gasteiger partial charge in [-0.3, -0.25) is 14.2 Å². The van der Waals surface area contributed by atoms with Crippen molar-refractivity contribution in [2.45, 2.75) is 32.4 Å². The van der Waals surface area contributed by atoms with E-state index in [9.17, 15) is 4.79 Å². The van der Waals surface area contributed by atoms with E-state index in [0.29, 0.717) is 12.6 Å². The van der Waals surface area contributed by atoms with Crippen LogP contribution in [0.4, 0.5) is 11.5 Å². The Balaban J connectivity index is 1.39. The number of carbonyl (C=O) groups excluding carboxylic acids is 1. The monoisotopic (exact) mass is 418 g/mol. The lowest BCUT2D eigenvalue weighted by Crippen LogP contribution is -2.37. The van der Waals surface area contributed by atoms with Crippen LogP contribution in [-0.2, 0) is 36.0 Å². The zero-order valence-corrected chi connectivity index (χ0v) is 17.9. The summed E-state index contributed by atoms with van der Waals surface area (Å²) >= 11 is 0. The second-order valence-electron chi connectivity index (χ2n) is 8.72. The predicted octanol–water partition coefficient (Wildman–Crippen LogP) is 2.45. The number of anilines is 2. The molecule has 8 nitrogen and oxygen atoms in total. The molecule has 3 aliphatic rings. The lowest BCUT2D eigenvalue weighted by molar-refractivity contribution is -0.129. The van der Waals surface area contributed by atoms with E-state index < -0.39 is 0 Å². The molecular formula is C23H26N6O2. The highest BCUT2D eigenvalue weighted by molar-refractivity contribution is 5.77. The SMILES string of the molecule is CC(=O)N1CCc2c(c(N3CCc4cc(-c5cnn(C)c5)ccc43)nn2C2COC2)C1. The average molecular weight is 419 g/mol. The molecule has 0 aliphatic carbocycles. The van der Waals surface area contributed by atoms with Crippen LogP contribution in [0.5, 0.6) is 0 Å². The maximum Gasteiger partial charge on any atom is 0.219 e. The van der Waals surface area contributed by atoms with Crippen molar-refractivity contribution in [3.63, 3.8) is 0 Å². The lowest BCUT2D eigenvalue weighted by atomic mass is 10.0. The third-order valence-corrected chi connectivity index (χ3v) is 6.75. The first-order valence-electron chi connectivity index (χ1n) is 10.9. The molecule has 3 aliphatic heterocycles. The Morgan fingerprint density at radius 2 is 2.03 bits per heavy atom. The number of hydrogen-bond acceptors (Lipinski definition) is 5. The van der Waals surface area contributed by atoms with Gasteiger partial charge in [0.2, 0.25) is 5.91 Å². The van der Waals surface area contributed by atoms with Crippen molar-refractivity contribution < 1.29 is 9.53 Å². The third-order valence-electron chi connectivity index (χ3n) is 6.75. The summed E-state index contributed by atoms with van der Waals surface area (Å²) in [5, 5.41) is 9.39. The number of ether oxygens (including phenoxy) is 1. The number of aromatic nitrogens is 4. The summed E-state index contributed by atoms with van der Waals surface area (Å²) in [5.74, 6) is 1.12. The van der Waals surface area contributed by atoms with Crippen LogP contribution in [0.2, 0.25) is 0 Å². The highest BCUT2D eigenvalue weighted by atomic mass is 16.5. The summed E-state index contributed by atoms with van der Waals surface area (Å²) in [5.41, 5.74) is 7.32. The van der Waals surface area contributed by atoms with Gasteiger partial charge in [-0.25, -0.2) is 0 Å². The number of carbonyl (C=O) groups is 1. The molecule has 0 unspecified atom stereocenters. The molecule has 3 aromatic rings. The summed E-state index contributed by atoms with van der Waals surface area (Å²) in [6.45, 7) is 5.37. The van der Waals surface area contributed by atoms with Gasteiger partial charge in [-0.2, -0.15) is 10.2 Å². The minimum Gasteiger partial charge on any atom is -0.377 e. The minimum atomic E-state index is 0.124. The Kier molecular flexibility index (Phi) is 4.17. The number of amides is 1. The number of nitrogens with zero attached hydrogens (tertiary/aromatic N) is 6. The largest absolute Gasteiger partial charge is 0.377 e. The fourth-order valence-corrected chi connectivity index (χ4v) is 4.95. The molecule has 0 saturated carbocycles. The van der Waals surface area contributed by atoms with Crippen LogP contribution in [-0.4, -0.2) is 56.7 Å². The van der Waals surface area contributed by atoms with Gasteiger partial charge in [0.15, 0.2) is 5.82 Å². The van der Waals surface area contributed by atoms with Gasteiger partial charge in [0.05, 0.1) is 32.0 Å². The second-order valence-corrected chi connectivity index (χ2v) is 8.72. The molecule has 0 spiro atoms. The number of fused-ring (bicyclic) bond motifs is 2. The van der Waals surface area contributed by atoms with Crippen molar-refractivity contribution >= 4 is 17.4 Å². The van der Waals surface area contributed by atoms with Crippen LogP contribution in [0, 0.1) is 0 Å². The first-order valence-corrected chi connectivity index (χ1v) is 10.9. The van der Waals surface area contributed by atoms with E-state index in [1.165, 1.54) is 28.1 Å². The van der Waals surface area contributed by atoms with E-state index in [1.807, 2.05) is 29.0 Å². The number of benzene rings is 1. The van der Waals surface area contributed by atoms with Crippen molar-refractivity contribution in [1.29, 1.82) is 0 Å². The van der Waals surface area contributed by atoms with Gasteiger partial charge >= 0.3 is 0 Å². The fourth-order valence-electron chi connectivity index (χ4n) is 4.95. The van der Waals surface area contributed by atoms with E-state index in [2.05, 4.69) is 32.9 Å². The van der Waals surface area contributed by atoms with Crippen LogP contribution in [0.15, 0.2) is 30.6 Å². The number of hydrogen-bond donors (Lipinski definition) is 0. The molecule has 1 saturated heterocycles. The summed E-state index contributed by atoms with van der Waals surface area (Å²) < 4.78 is 9.45. The molecule has 5 heterocycles. The smallest absolute Gasteiger partial charge is 0.219 e. The van der Waals surface area contributed by atoms with Gasteiger partial charge in [0.25, 0.3) is 0 Å². The molecule has 31 heavy (non-hydrogen) atoms. The van der Waals surface area contributed by atoms with Gasteiger partial charge in [-0.05, 0) is 29.7 Å². The molecule has 0 radical (unpaired) electrons. The maximum absolute atomic E-state index is 12.1. The molecule has 6 rings (SSSR count). The van der Waals surface area contributed by atoms with Crippen molar-refractivity contribution in [2.75, 3.05) is 31.2 Å². The molecule has 0 N–H and O–H groups in total. The Labute approximate surface area is 181 Å². The summed E-state index contributed by atoms with van der Waals surface area (Å²) in [7, 11) is 1.94. The van der Waals surface area contributed by atoms with Gasteiger partial charge in [-0.15, -0.1) is 0 Å². The Morgan fingerprint density at radius 3 is 2.74 bits per heavy atom. The molecule has 160 valence electrons. The molecule has 0 bridgehead atoms. The summed E-state index contributed by atoms with van der Waals surface area (Å²) in [6, 6.07) is 6.95. The van der Waals surface area contributed by atoms with Crippen molar-refractivity contribution in [3.8, 4) is 11.1 Å². The van der Waals surface area contributed by atoms with Gasteiger partial charge < -0.3 is 14.5 Å². The lowest BCUT2D eigenvalue weighted by Gasteiger charge is -2.31. The van der Waals surface area contributed by atoms with Gasteiger partial charge in [0.1, 0.15) is 0 Å². The van der Waals surface area contributed by atoms with E-state index in [4.69, 9.17) is 9.84 Å². The van der Waals surface area contributed by atoms with E-state index in [0.717, 1.165) is 50.5 Å². The van der Waals surface area contributed by atoms with Crippen LogP contribution in [0.3, 0.4) is 0 Å². The molecular weight excluding hydrogens is 392 g/mol. The van der Waals surface area contributed by atoms with Crippen LogP contribution in [0.25, 0.3) is 11.1 Å². The standard InChI is InChI=1S/C23H26N6O2/c1-15(30)27-7-6-22-20(12-27)23(25-29(22)19-13-31-14-19)28-8-5-17-9-16(3-4-21(17)28)18-10-24-26(2)11-18/h3-4,9-11,19H,5-8,12-14H2,1-2H3. The van der Waals surface area contributed by atoms with E-state index in [-0.39, 0.29) is 5.91 Å². The zero-order chi connectivity index (χ0) is 21.1. The first kappa shape index (κ1) is 18.6. The predicted molar refractivity (Wildman–Crippen MR) is 116 cm³/mol. The molecule has 2 aromatic heterocycles. The van der Waals surface area contributed by atoms with Crippen molar-refractivity contribution in [3.05, 3.63) is 47.4 Å². The molecule has 1 aromatic carbocycles. The number of aryl methyl sites for hydroxylation is 1. The minimum absolute atomic E-state index is 0.124. The first-order chi connectivity index (χ1) is 15.1. The highest BCUT2D eigenvalue weighted by Gasteiger charge is 2.35. The zero-order valence-electron chi connectivity index (χ0n) is 17.9. The number of rotatable bonds is 3. The van der Waals surface area contributed by atoms with E-state index in [1.54, 1.807) is 6.92 Å². The molecule has 0 atom stereocenters. The van der Waals surface area contributed by atoms with E-state index >= 15 is 0 Å². The van der Waals surface area contributed by atoms with Crippen LogP contribution >= 0.6 is 0 Å². The second kappa shape index (κ2) is 6.95. The topological polar surface area (TPSA) is 68.4 Å². The van der Waals surface area contributed by atoms with Crippen LogP contribution < -0.4 is 4.90 Å². The average Bonchev–Trinajstić information content (AvgIpc) is 3.43. The van der Waals surface area contributed by atoms with Crippen molar-refractivity contribution in [2.24, 2.45) is 7.05 Å². The highest BCUT2D eigenvalue weighted by Crippen LogP contribution is 2.41. The van der Waals surface area contributed by atoms with Gasteiger partial charge in [0, 0.05) is 62.2 Å². The fraction of sp³-hybridized carbons (Fsp3) is 0.435. The maximum atomic E-state index is 12.1. The molecule has 1 fully saturated rings. The molecule has 1 amide bonds. The Morgan fingerprint density at radius 1 is 1.16 bits per heavy atom. The Hall–Kier alpha value is -3.13. The third kappa shape index (κ3) is 2.96. The van der Waals surface area contributed by atoms with Gasteiger partial charge in [-0.1, -0.05) is 6.07 Å². The summed E-state index contributed by atoms with van der Waals surface area (Å²) in [6.07, 6.45) is 5.78. The molecule has 8 heteroatoms. The van der Waals surface area contributed by atoms with Crippen molar-refractivity contribution in [1.82, 2.24) is 24.5 Å².